The molecule has 1 saturated heterocycles. The third-order valence-corrected chi connectivity index (χ3v) is 9.49. The first-order valence-electron chi connectivity index (χ1n) is 15.8. The van der Waals surface area contributed by atoms with Gasteiger partial charge in [0.05, 0.1) is 24.9 Å². The number of benzene rings is 3. The number of likely N-dealkylation sites (tertiary alicyclic amines) is 1. The van der Waals surface area contributed by atoms with E-state index in [9.17, 15) is 14.4 Å². The van der Waals surface area contributed by atoms with Gasteiger partial charge in [-0.05, 0) is 78.8 Å². The monoisotopic (exact) mass is 618 g/mol. The average Bonchev–Trinajstić information content (AvgIpc) is 3.72. The SMILES string of the molecule is COc1cc(C(=O)N2C[C@H](N)C[C@@H](F)C2)cc2nc(-c3cc4ccc(-c5ccc6c(ccc[n+]6[O-])c5)cc4n3CC3CC3)n(C)c12. The molecule has 0 unspecified atom stereocenters. The number of pyridine rings is 1. The van der Waals surface area contributed by atoms with Gasteiger partial charge in [-0.1, -0.05) is 12.1 Å². The lowest BCUT2D eigenvalue weighted by Gasteiger charge is -2.33. The molecule has 234 valence electrons. The fraction of sp³-hybridized carbons (Fsp3) is 0.306. The molecule has 0 spiro atoms. The summed E-state index contributed by atoms with van der Waals surface area (Å²) in [6.07, 6.45) is 3.02. The number of piperidine rings is 1. The summed E-state index contributed by atoms with van der Waals surface area (Å²) < 4.78 is 25.4. The molecule has 0 radical (unpaired) electrons. The molecule has 1 aliphatic carbocycles. The first-order valence-corrected chi connectivity index (χ1v) is 15.8. The predicted octanol–water partition coefficient (Wildman–Crippen LogP) is 5.58. The number of amides is 1. The molecular formula is C36H35FN6O3. The fourth-order valence-corrected chi connectivity index (χ4v) is 6.99. The maximum absolute atomic E-state index is 14.3. The number of nitrogens with two attached hydrogens (primary N) is 1. The number of carbonyl (C=O) groups is 1. The number of alkyl halides is 1. The van der Waals surface area contributed by atoms with Crippen molar-refractivity contribution in [3.05, 3.63) is 83.7 Å². The van der Waals surface area contributed by atoms with Gasteiger partial charge in [-0.3, -0.25) is 4.79 Å². The lowest BCUT2D eigenvalue weighted by Crippen LogP contribution is -2.50. The number of halogens is 1. The normalized spacial score (nSPS) is 18.6. The molecule has 4 heterocycles. The molecular weight excluding hydrogens is 583 g/mol. The Bertz CT molecular complexity index is 2160. The van der Waals surface area contributed by atoms with Crippen molar-refractivity contribution in [1.29, 1.82) is 0 Å². The summed E-state index contributed by atoms with van der Waals surface area (Å²) in [7, 11) is 3.55. The molecule has 1 saturated carbocycles. The minimum Gasteiger partial charge on any atom is -0.618 e. The van der Waals surface area contributed by atoms with E-state index in [1.165, 1.54) is 23.9 Å². The Morgan fingerprint density at radius 3 is 2.65 bits per heavy atom. The summed E-state index contributed by atoms with van der Waals surface area (Å²) in [5.74, 6) is 1.63. The summed E-state index contributed by atoms with van der Waals surface area (Å²) in [6.45, 7) is 1.22. The topological polar surface area (TPSA) is 105 Å². The highest BCUT2D eigenvalue weighted by Gasteiger charge is 2.30. The standard InChI is InChI=1S/C36H35FN6O3/c1-40-34-29(13-26(16-33(34)46-2)36(44)41-19-27(37)17-28(38)20-41)39-35(40)32-15-25-8-7-23(14-31(25)42(32)18-21-5-6-21)22-9-10-30-24(12-22)4-3-11-43(30)45/h3-4,7-16,21,27-28H,5-6,17-20,38H2,1-2H3/t27-,28-/m1/s1. The lowest BCUT2D eigenvalue weighted by atomic mass is 10.0. The number of hydrogen-bond acceptors (Lipinski definition) is 5. The van der Waals surface area contributed by atoms with Crippen LogP contribution in [0.5, 0.6) is 5.75 Å². The number of ether oxygens (including phenoxy) is 1. The average molecular weight is 619 g/mol. The molecule has 3 aromatic heterocycles. The zero-order chi connectivity index (χ0) is 31.7. The molecule has 2 atom stereocenters. The highest BCUT2D eigenvalue weighted by molar-refractivity contribution is 6.00. The van der Waals surface area contributed by atoms with Gasteiger partial charge in [-0.25, -0.2) is 9.37 Å². The van der Waals surface area contributed by atoms with Crippen LogP contribution in [0.25, 0.3) is 55.5 Å². The van der Waals surface area contributed by atoms with Crippen LogP contribution in [0.4, 0.5) is 4.39 Å². The summed E-state index contributed by atoms with van der Waals surface area (Å²) in [6, 6.07) is 21.4. The Kier molecular flexibility index (Phi) is 6.72. The largest absolute Gasteiger partial charge is 0.618 e. The van der Waals surface area contributed by atoms with Gasteiger partial charge in [0.15, 0.2) is 12.0 Å². The molecule has 3 aromatic carbocycles. The second kappa shape index (κ2) is 10.8. The fourth-order valence-electron chi connectivity index (χ4n) is 6.99. The van der Waals surface area contributed by atoms with Crippen molar-refractivity contribution in [1.82, 2.24) is 19.0 Å². The zero-order valence-electron chi connectivity index (χ0n) is 25.8. The van der Waals surface area contributed by atoms with Crippen LogP contribution in [0.1, 0.15) is 29.6 Å². The first-order chi connectivity index (χ1) is 22.3. The Hall–Kier alpha value is -4.96. The highest BCUT2D eigenvalue weighted by Crippen LogP contribution is 2.39. The number of nitrogens with zero attached hydrogens (tertiary/aromatic N) is 5. The van der Waals surface area contributed by atoms with Crippen LogP contribution in [0, 0.1) is 11.1 Å². The maximum Gasteiger partial charge on any atom is 0.254 e. The van der Waals surface area contributed by atoms with Crippen molar-refractivity contribution in [2.45, 2.75) is 38.0 Å². The highest BCUT2D eigenvalue weighted by atomic mass is 19.1. The Morgan fingerprint density at radius 2 is 1.87 bits per heavy atom. The summed E-state index contributed by atoms with van der Waals surface area (Å²) >= 11 is 0. The summed E-state index contributed by atoms with van der Waals surface area (Å²) in [4.78, 5) is 20.1. The third kappa shape index (κ3) is 4.84. The van der Waals surface area contributed by atoms with Gasteiger partial charge in [0.1, 0.15) is 17.4 Å². The molecule has 8 rings (SSSR count). The number of fused-ring (bicyclic) bond motifs is 3. The molecule has 2 aliphatic rings. The Labute approximate surface area is 265 Å². The number of aryl methyl sites for hydroxylation is 1. The van der Waals surface area contributed by atoms with Crippen molar-refractivity contribution >= 4 is 38.7 Å². The van der Waals surface area contributed by atoms with Crippen molar-refractivity contribution in [2.75, 3.05) is 20.2 Å². The lowest BCUT2D eigenvalue weighted by molar-refractivity contribution is -0.577. The van der Waals surface area contributed by atoms with E-state index < -0.39 is 6.17 Å². The van der Waals surface area contributed by atoms with E-state index in [1.54, 1.807) is 25.3 Å². The molecule has 9 nitrogen and oxygen atoms in total. The smallest absolute Gasteiger partial charge is 0.254 e. The Morgan fingerprint density at radius 1 is 1.07 bits per heavy atom. The second-order valence-corrected chi connectivity index (χ2v) is 12.8. The van der Waals surface area contributed by atoms with E-state index in [0.29, 0.717) is 34.8 Å². The summed E-state index contributed by atoms with van der Waals surface area (Å²) in [5, 5.41) is 14.2. The zero-order valence-corrected chi connectivity index (χ0v) is 25.8. The minimum absolute atomic E-state index is 0.0292. The molecule has 0 bridgehead atoms. The second-order valence-electron chi connectivity index (χ2n) is 12.8. The molecule has 46 heavy (non-hydrogen) atoms. The number of methoxy groups -OCH3 is 1. The van der Waals surface area contributed by atoms with E-state index >= 15 is 0 Å². The molecule has 6 aromatic rings. The van der Waals surface area contributed by atoms with Gasteiger partial charge >= 0.3 is 0 Å². The van der Waals surface area contributed by atoms with Crippen LogP contribution in [-0.2, 0) is 13.6 Å². The van der Waals surface area contributed by atoms with Gasteiger partial charge in [-0.15, -0.1) is 0 Å². The molecule has 1 aliphatic heterocycles. The van der Waals surface area contributed by atoms with Crippen LogP contribution in [0.2, 0.25) is 0 Å². The number of carbonyl (C=O) groups excluding carboxylic acids is 1. The molecule has 10 heteroatoms. The maximum atomic E-state index is 14.3. The van der Waals surface area contributed by atoms with Crippen LogP contribution in [-0.4, -0.2) is 57.3 Å². The van der Waals surface area contributed by atoms with E-state index in [2.05, 4.69) is 34.9 Å². The number of rotatable bonds is 6. The van der Waals surface area contributed by atoms with E-state index in [-0.39, 0.29) is 24.9 Å². The van der Waals surface area contributed by atoms with E-state index in [1.807, 2.05) is 29.8 Å². The van der Waals surface area contributed by atoms with E-state index in [0.717, 1.165) is 55.7 Å². The van der Waals surface area contributed by atoms with Crippen LogP contribution in [0.3, 0.4) is 0 Å². The molecule has 1 amide bonds. The number of imidazole rings is 1. The van der Waals surface area contributed by atoms with Crippen molar-refractivity contribution < 1.29 is 18.7 Å². The molecule has 2 fully saturated rings. The van der Waals surface area contributed by atoms with Crippen molar-refractivity contribution in [3.8, 4) is 28.4 Å². The third-order valence-electron chi connectivity index (χ3n) is 9.49. The van der Waals surface area contributed by atoms with Gasteiger partial charge in [0.2, 0.25) is 5.52 Å². The first kappa shape index (κ1) is 28.5. The quantitative estimate of drug-likeness (QED) is 0.194. The van der Waals surface area contributed by atoms with Crippen molar-refractivity contribution in [3.63, 3.8) is 0 Å². The van der Waals surface area contributed by atoms with Crippen LogP contribution < -0.4 is 15.2 Å². The predicted molar refractivity (Wildman–Crippen MR) is 176 cm³/mol. The van der Waals surface area contributed by atoms with Crippen LogP contribution in [0.15, 0.2) is 72.9 Å². The van der Waals surface area contributed by atoms with Crippen LogP contribution >= 0.6 is 0 Å². The number of aromatic nitrogens is 4. The van der Waals surface area contributed by atoms with Gasteiger partial charge in [0.25, 0.3) is 5.91 Å². The van der Waals surface area contributed by atoms with Crippen molar-refractivity contribution in [2.24, 2.45) is 18.7 Å². The van der Waals surface area contributed by atoms with Gasteiger partial charge in [-0.2, -0.15) is 4.73 Å². The Balaban J connectivity index is 1.23. The minimum atomic E-state index is -1.14. The van der Waals surface area contributed by atoms with E-state index in [4.69, 9.17) is 15.5 Å². The van der Waals surface area contributed by atoms with Gasteiger partial charge in [0, 0.05) is 60.2 Å². The van der Waals surface area contributed by atoms with Gasteiger partial charge < -0.3 is 29.7 Å². The summed E-state index contributed by atoms with van der Waals surface area (Å²) in [5.41, 5.74) is 12.7. The molecule has 2 N–H and O–H groups in total. The number of hydrogen-bond donors (Lipinski definition) is 1.